The predicted octanol–water partition coefficient (Wildman–Crippen LogP) is 2.98. The summed E-state index contributed by atoms with van der Waals surface area (Å²) in [4.78, 5) is 12.3. The molecule has 0 radical (unpaired) electrons. The van der Waals surface area contributed by atoms with Gasteiger partial charge in [0.15, 0.2) is 0 Å². The highest BCUT2D eigenvalue weighted by atomic mass is 16.3. The largest absolute Gasteiger partial charge is 0.383 e. The van der Waals surface area contributed by atoms with Crippen molar-refractivity contribution in [2.45, 2.75) is 50.5 Å². The maximum atomic E-state index is 12.3. The van der Waals surface area contributed by atoms with Crippen molar-refractivity contribution in [3.8, 4) is 0 Å². The highest BCUT2D eigenvalue weighted by Crippen LogP contribution is 2.45. The van der Waals surface area contributed by atoms with Crippen molar-refractivity contribution in [2.75, 3.05) is 6.54 Å². The Balaban J connectivity index is 1.64. The fourth-order valence-electron chi connectivity index (χ4n) is 3.50. The number of hydrogen-bond donors (Lipinski definition) is 2. The van der Waals surface area contributed by atoms with E-state index in [0.717, 1.165) is 44.1 Å². The smallest absolute Gasteiger partial charge is 0.223 e. The lowest BCUT2D eigenvalue weighted by atomic mass is 9.86. The molecule has 1 atom stereocenters. The summed E-state index contributed by atoms with van der Waals surface area (Å²) in [7, 11) is 0. The molecule has 114 valence electrons. The van der Waals surface area contributed by atoms with Crippen LogP contribution in [0.2, 0.25) is 0 Å². The second-order valence-corrected chi connectivity index (χ2v) is 6.62. The molecule has 3 heteroatoms. The van der Waals surface area contributed by atoms with Gasteiger partial charge in [0.05, 0.1) is 6.54 Å². The van der Waals surface area contributed by atoms with Crippen LogP contribution in [0.1, 0.15) is 50.5 Å². The monoisotopic (exact) mass is 287 g/mol. The minimum Gasteiger partial charge on any atom is -0.383 e. The first-order valence-corrected chi connectivity index (χ1v) is 8.26. The van der Waals surface area contributed by atoms with Crippen LogP contribution in [0.4, 0.5) is 0 Å². The van der Waals surface area contributed by atoms with Gasteiger partial charge in [0.25, 0.3) is 0 Å². The third-order valence-electron chi connectivity index (χ3n) is 5.03. The van der Waals surface area contributed by atoms with Gasteiger partial charge in [0, 0.05) is 5.92 Å². The van der Waals surface area contributed by atoms with Crippen LogP contribution in [0.25, 0.3) is 0 Å². The molecule has 1 aromatic carbocycles. The first-order chi connectivity index (χ1) is 10.2. The van der Waals surface area contributed by atoms with E-state index in [1.165, 1.54) is 6.42 Å². The molecule has 21 heavy (non-hydrogen) atoms. The molecule has 2 saturated carbocycles. The molecule has 3 rings (SSSR count). The Labute approximate surface area is 126 Å². The van der Waals surface area contributed by atoms with Gasteiger partial charge in [-0.1, -0.05) is 49.6 Å². The molecule has 0 spiro atoms. The summed E-state index contributed by atoms with van der Waals surface area (Å²) >= 11 is 0. The van der Waals surface area contributed by atoms with Gasteiger partial charge in [0.1, 0.15) is 5.60 Å². The average Bonchev–Trinajstić information content (AvgIpc) is 3.39. The first-order valence-electron chi connectivity index (χ1n) is 8.26. The molecule has 0 aliphatic heterocycles. The van der Waals surface area contributed by atoms with Crippen molar-refractivity contribution in [2.24, 2.45) is 11.8 Å². The Bertz CT molecular complexity index is 477. The molecule has 0 heterocycles. The van der Waals surface area contributed by atoms with Gasteiger partial charge in [-0.25, -0.2) is 0 Å². The van der Waals surface area contributed by atoms with Crippen LogP contribution in [0.15, 0.2) is 30.3 Å². The van der Waals surface area contributed by atoms with Crippen LogP contribution < -0.4 is 5.32 Å². The van der Waals surface area contributed by atoms with Crippen molar-refractivity contribution in [3.05, 3.63) is 35.9 Å². The molecule has 3 nitrogen and oxygen atoms in total. The number of nitrogens with one attached hydrogen (secondary N) is 1. The van der Waals surface area contributed by atoms with E-state index >= 15 is 0 Å². The van der Waals surface area contributed by atoms with Gasteiger partial charge in [0.2, 0.25) is 5.91 Å². The summed E-state index contributed by atoms with van der Waals surface area (Å²) in [6.45, 7) is 0.344. The number of carbonyl (C=O) groups is 1. The van der Waals surface area contributed by atoms with Gasteiger partial charge >= 0.3 is 0 Å². The lowest BCUT2D eigenvalue weighted by molar-refractivity contribution is -0.127. The number of rotatable bonds is 5. The van der Waals surface area contributed by atoms with Crippen molar-refractivity contribution in [3.63, 3.8) is 0 Å². The van der Waals surface area contributed by atoms with Crippen molar-refractivity contribution in [1.82, 2.24) is 5.32 Å². The molecule has 0 aromatic heterocycles. The maximum Gasteiger partial charge on any atom is 0.223 e. The third kappa shape index (κ3) is 3.29. The summed E-state index contributed by atoms with van der Waals surface area (Å²) in [5.74, 6) is 0.564. The fraction of sp³-hybridized carbons (Fsp3) is 0.611. The van der Waals surface area contributed by atoms with E-state index in [2.05, 4.69) is 5.32 Å². The number of hydrogen-bond acceptors (Lipinski definition) is 2. The predicted molar refractivity (Wildman–Crippen MR) is 82.6 cm³/mol. The van der Waals surface area contributed by atoms with Gasteiger partial charge in [-0.2, -0.15) is 0 Å². The van der Waals surface area contributed by atoms with E-state index in [0.29, 0.717) is 6.54 Å². The molecule has 0 saturated heterocycles. The molecule has 0 bridgehead atoms. The molecule has 1 unspecified atom stereocenters. The summed E-state index contributed by atoms with van der Waals surface area (Å²) in [6.07, 6.45) is 7.65. The zero-order valence-corrected chi connectivity index (χ0v) is 12.6. The Morgan fingerprint density at radius 3 is 2.38 bits per heavy atom. The highest BCUT2D eigenvalue weighted by molar-refractivity contribution is 5.78. The maximum absolute atomic E-state index is 12.3. The van der Waals surface area contributed by atoms with Crippen LogP contribution in [0.3, 0.4) is 0 Å². The van der Waals surface area contributed by atoms with Crippen LogP contribution in [-0.2, 0) is 10.4 Å². The van der Waals surface area contributed by atoms with E-state index in [-0.39, 0.29) is 17.7 Å². The molecular formula is C18H25NO2. The topological polar surface area (TPSA) is 49.3 Å². The number of aliphatic hydroxyl groups is 1. The quantitative estimate of drug-likeness (QED) is 0.874. The van der Waals surface area contributed by atoms with Crippen LogP contribution >= 0.6 is 0 Å². The summed E-state index contributed by atoms with van der Waals surface area (Å²) in [5.41, 5.74) is 0.0300. The molecule has 1 amide bonds. The summed E-state index contributed by atoms with van der Waals surface area (Å²) in [5, 5.41) is 14.1. The number of carbonyl (C=O) groups excluding carboxylic acids is 1. The second-order valence-electron chi connectivity index (χ2n) is 6.62. The van der Waals surface area contributed by atoms with E-state index in [1.807, 2.05) is 30.3 Å². The summed E-state index contributed by atoms with van der Waals surface area (Å²) in [6, 6.07) is 9.78. The first kappa shape index (κ1) is 14.6. The lowest BCUT2D eigenvalue weighted by Gasteiger charge is -2.30. The van der Waals surface area contributed by atoms with Gasteiger partial charge in [-0.15, -0.1) is 0 Å². The SMILES string of the molecule is O=C(NCC(O)(c1ccccc1)C1CC1)C1CCCCC1. The average molecular weight is 287 g/mol. The van der Waals surface area contributed by atoms with Crippen molar-refractivity contribution >= 4 is 5.91 Å². The molecular weight excluding hydrogens is 262 g/mol. The van der Waals surface area contributed by atoms with Crippen molar-refractivity contribution in [1.29, 1.82) is 0 Å². The Morgan fingerprint density at radius 1 is 1.10 bits per heavy atom. The molecule has 1 aromatic rings. The highest BCUT2D eigenvalue weighted by Gasteiger charge is 2.45. The zero-order chi connectivity index (χ0) is 14.7. The zero-order valence-electron chi connectivity index (χ0n) is 12.6. The lowest BCUT2D eigenvalue weighted by Crippen LogP contribution is -2.44. The van der Waals surface area contributed by atoms with E-state index in [1.54, 1.807) is 0 Å². The molecule has 2 N–H and O–H groups in total. The van der Waals surface area contributed by atoms with E-state index in [9.17, 15) is 9.90 Å². The third-order valence-corrected chi connectivity index (χ3v) is 5.03. The fourth-order valence-corrected chi connectivity index (χ4v) is 3.50. The standard InChI is InChI=1S/C18H25NO2/c20-17(14-7-3-1-4-8-14)19-13-18(21,16-11-12-16)15-9-5-2-6-10-15/h2,5-6,9-10,14,16,21H,1,3-4,7-8,11-13H2,(H,19,20). The van der Waals surface area contributed by atoms with Crippen LogP contribution in [0, 0.1) is 11.8 Å². The normalized spacial score (nSPS) is 22.5. The second kappa shape index (κ2) is 6.18. The van der Waals surface area contributed by atoms with E-state index < -0.39 is 5.60 Å². The van der Waals surface area contributed by atoms with Gasteiger partial charge in [-0.05, 0) is 37.2 Å². The minimum absolute atomic E-state index is 0.129. The molecule has 2 aliphatic rings. The van der Waals surface area contributed by atoms with Crippen LogP contribution in [0.5, 0.6) is 0 Å². The Morgan fingerprint density at radius 2 is 1.76 bits per heavy atom. The molecule has 2 fully saturated rings. The number of amides is 1. The molecule has 2 aliphatic carbocycles. The summed E-state index contributed by atoms with van der Waals surface area (Å²) < 4.78 is 0. The number of benzene rings is 1. The van der Waals surface area contributed by atoms with E-state index in [4.69, 9.17) is 0 Å². The Kier molecular flexibility index (Phi) is 4.29. The minimum atomic E-state index is -0.897. The Hall–Kier alpha value is -1.35. The van der Waals surface area contributed by atoms with Gasteiger partial charge < -0.3 is 10.4 Å². The van der Waals surface area contributed by atoms with Crippen LogP contribution in [-0.4, -0.2) is 17.6 Å². The van der Waals surface area contributed by atoms with Crippen molar-refractivity contribution < 1.29 is 9.90 Å². The van der Waals surface area contributed by atoms with Gasteiger partial charge in [-0.3, -0.25) is 4.79 Å².